The fraction of sp³-hybridized carbons (Fsp3) is 0.364. The van der Waals surface area contributed by atoms with Crippen molar-refractivity contribution in [3.63, 3.8) is 0 Å². The Balaban J connectivity index is 0. The lowest BCUT2D eigenvalue weighted by atomic mass is 10.2. The molecule has 1 aromatic rings. The summed E-state index contributed by atoms with van der Waals surface area (Å²) in [7, 11) is 0. The van der Waals surface area contributed by atoms with Crippen LogP contribution < -0.4 is 5.73 Å². The third kappa shape index (κ3) is 5.45. The summed E-state index contributed by atoms with van der Waals surface area (Å²) in [6.45, 7) is 8.00. The molecule has 0 aliphatic rings. The van der Waals surface area contributed by atoms with Crippen molar-refractivity contribution in [2.75, 3.05) is 5.73 Å². The molecule has 0 spiro atoms. The molecule has 0 bridgehead atoms. The van der Waals surface area contributed by atoms with Gasteiger partial charge in [0.1, 0.15) is 6.07 Å². The fourth-order valence-electron chi connectivity index (χ4n) is 0.625. The Hall–Kier alpha value is -1.20. The Kier molecular flexibility index (Phi) is 10.8. The molecular weight excluding hydrogens is 196 g/mol. The highest BCUT2D eigenvalue weighted by atomic mass is 35.5. The average Bonchev–Trinajstić information content (AvgIpc) is 2.27. The summed E-state index contributed by atoms with van der Waals surface area (Å²) < 4.78 is 0. The number of nitrogens with two attached hydrogens (primary N) is 1. The van der Waals surface area contributed by atoms with E-state index in [4.69, 9.17) is 22.6 Å². The minimum absolute atomic E-state index is 0.424. The highest BCUT2D eigenvalue weighted by molar-refractivity contribution is 6.30. The molecule has 14 heavy (non-hydrogen) atoms. The molecule has 0 heterocycles. The normalized spacial score (nSPS) is 7.14. The standard InChI is InChI=1S/C7H5ClN2.2C2H6/c8-6-1-2-7(10)5(3-6)4-9;2*1-2/h1-3H,10H2;2*1-2H3. The Bertz CT molecular complexity index is 290. The highest BCUT2D eigenvalue weighted by Gasteiger charge is 1.96. The van der Waals surface area contributed by atoms with Gasteiger partial charge in [-0.3, -0.25) is 0 Å². The van der Waals surface area contributed by atoms with Crippen molar-refractivity contribution in [2.45, 2.75) is 27.7 Å². The van der Waals surface area contributed by atoms with Gasteiger partial charge in [0.15, 0.2) is 0 Å². The number of rotatable bonds is 0. The SMILES string of the molecule is CC.CC.N#Cc1cc(Cl)ccc1N. The third-order valence-electron chi connectivity index (χ3n) is 1.14. The van der Waals surface area contributed by atoms with Crippen LogP contribution in [-0.4, -0.2) is 0 Å². The van der Waals surface area contributed by atoms with E-state index in [-0.39, 0.29) is 0 Å². The molecule has 0 unspecified atom stereocenters. The molecular formula is C11H17ClN2. The summed E-state index contributed by atoms with van der Waals surface area (Å²) in [6.07, 6.45) is 0. The molecule has 0 aliphatic heterocycles. The fourth-order valence-corrected chi connectivity index (χ4v) is 0.797. The van der Waals surface area contributed by atoms with Crippen LogP contribution in [0.1, 0.15) is 33.3 Å². The van der Waals surface area contributed by atoms with Crippen molar-refractivity contribution in [3.05, 3.63) is 28.8 Å². The van der Waals surface area contributed by atoms with Gasteiger partial charge < -0.3 is 5.73 Å². The molecule has 0 fully saturated rings. The van der Waals surface area contributed by atoms with E-state index in [1.54, 1.807) is 12.1 Å². The molecule has 2 nitrogen and oxygen atoms in total. The van der Waals surface area contributed by atoms with Crippen LogP contribution in [0.15, 0.2) is 18.2 Å². The van der Waals surface area contributed by atoms with Gasteiger partial charge in [-0.1, -0.05) is 39.3 Å². The quantitative estimate of drug-likeness (QED) is 0.665. The van der Waals surface area contributed by atoms with Gasteiger partial charge in [0.05, 0.1) is 5.56 Å². The van der Waals surface area contributed by atoms with E-state index in [1.807, 2.05) is 33.8 Å². The molecule has 2 N–H and O–H groups in total. The molecule has 1 aromatic carbocycles. The molecule has 0 aromatic heterocycles. The molecule has 0 radical (unpaired) electrons. The summed E-state index contributed by atoms with van der Waals surface area (Å²) in [5, 5.41) is 8.99. The summed E-state index contributed by atoms with van der Waals surface area (Å²) in [4.78, 5) is 0. The topological polar surface area (TPSA) is 49.8 Å². The van der Waals surface area contributed by atoms with E-state index >= 15 is 0 Å². The number of nitrogens with zero attached hydrogens (tertiary/aromatic N) is 1. The van der Waals surface area contributed by atoms with Crippen molar-refractivity contribution in [1.82, 2.24) is 0 Å². The molecule has 0 amide bonds. The zero-order valence-electron chi connectivity index (χ0n) is 9.13. The first kappa shape index (κ1) is 15.3. The number of hydrogen-bond donors (Lipinski definition) is 1. The molecule has 78 valence electrons. The highest BCUT2D eigenvalue weighted by Crippen LogP contribution is 2.16. The van der Waals surface area contributed by atoms with Crippen molar-refractivity contribution in [2.24, 2.45) is 0 Å². The maximum Gasteiger partial charge on any atom is 0.101 e. The summed E-state index contributed by atoms with van der Waals surface area (Å²) in [5.74, 6) is 0. The van der Waals surface area contributed by atoms with E-state index in [0.717, 1.165) is 0 Å². The van der Waals surface area contributed by atoms with Crippen LogP contribution in [0, 0.1) is 11.3 Å². The van der Waals surface area contributed by atoms with Gasteiger partial charge in [0.2, 0.25) is 0 Å². The van der Waals surface area contributed by atoms with Crippen LogP contribution in [0.4, 0.5) is 5.69 Å². The van der Waals surface area contributed by atoms with Crippen molar-refractivity contribution < 1.29 is 0 Å². The van der Waals surface area contributed by atoms with Gasteiger partial charge in [0, 0.05) is 10.7 Å². The second-order valence-electron chi connectivity index (χ2n) is 1.84. The van der Waals surface area contributed by atoms with Crippen LogP contribution >= 0.6 is 11.6 Å². The van der Waals surface area contributed by atoms with E-state index in [0.29, 0.717) is 16.3 Å². The van der Waals surface area contributed by atoms with E-state index in [9.17, 15) is 0 Å². The maximum atomic E-state index is 8.45. The van der Waals surface area contributed by atoms with E-state index < -0.39 is 0 Å². The zero-order chi connectivity index (χ0) is 11.6. The lowest BCUT2D eigenvalue weighted by Gasteiger charge is -1.94. The monoisotopic (exact) mass is 212 g/mol. The maximum absolute atomic E-state index is 8.45. The first-order valence-electron chi connectivity index (χ1n) is 4.69. The summed E-state index contributed by atoms with van der Waals surface area (Å²) in [5.41, 5.74) is 6.31. The van der Waals surface area contributed by atoms with Gasteiger partial charge >= 0.3 is 0 Å². The van der Waals surface area contributed by atoms with Gasteiger partial charge in [-0.25, -0.2) is 0 Å². The van der Waals surface area contributed by atoms with E-state index in [2.05, 4.69) is 0 Å². The first-order valence-corrected chi connectivity index (χ1v) is 5.07. The predicted octanol–water partition coefficient (Wildman–Crippen LogP) is 3.85. The molecule has 3 heteroatoms. The van der Waals surface area contributed by atoms with Crippen LogP contribution in [0.2, 0.25) is 5.02 Å². The molecule has 0 saturated heterocycles. The Labute approximate surface area is 91.3 Å². The number of benzene rings is 1. The summed E-state index contributed by atoms with van der Waals surface area (Å²) in [6, 6.07) is 6.73. The van der Waals surface area contributed by atoms with Gasteiger partial charge in [0.25, 0.3) is 0 Å². The smallest absolute Gasteiger partial charge is 0.101 e. The van der Waals surface area contributed by atoms with Crippen molar-refractivity contribution in [1.29, 1.82) is 5.26 Å². The Morgan fingerprint density at radius 1 is 1.21 bits per heavy atom. The van der Waals surface area contributed by atoms with Gasteiger partial charge in [-0.05, 0) is 18.2 Å². The Morgan fingerprint density at radius 3 is 2.07 bits per heavy atom. The molecule has 1 rings (SSSR count). The summed E-state index contributed by atoms with van der Waals surface area (Å²) >= 11 is 5.59. The van der Waals surface area contributed by atoms with Crippen LogP contribution in [-0.2, 0) is 0 Å². The number of nitriles is 1. The van der Waals surface area contributed by atoms with Crippen molar-refractivity contribution in [3.8, 4) is 6.07 Å². The lowest BCUT2D eigenvalue weighted by Crippen LogP contribution is -1.88. The minimum Gasteiger partial charge on any atom is -0.398 e. The lowest BCUT2D eigenvalue weighted by molar-refractivity contribution is 1.48. The van der Waals surface area contributed by atoms with Gasteiger partial charge in [-0.2, -0.15) is 5.26 Å². The Morgan fingerprint density at radius 2 is 1.71 bits per heavy atom. The van der Waals surface area contributed by atoms with Gasteiger partial charge in [-0.15, -0.1) is 0 Å². The number of anilines is 1. The molecule has 0 atom stereocenters. The second-order valence-corrected chi connectivity index (χ2v) is 2.28. The first-order chi connectivity index (χ1) is 6.74. The predicted molar refractivity (Wildman–Crippen MR) is 63.3 cm³/mol. The third-order valence-corrected chi connectivity index (χ3v) is 1.37. The molecule has 0 aliphatic carbocycles. The average molecular weight is 213 g/mol. The zero-order valence-corrected chi connectivity index (χ0v) is 9.89. The molecule has 0 saturated carbocycles. The number of nitrogen functional groups attached to an aromatic ring is 1. The number of halogens is 1. The minimum atomic E-state index is 0.424. The van der Waals surface area contributed by atoms with Crippen LogP contribution in [0.5, 0.6) is 0 Å². The largest absolute Gasteiger partial charge is 0.398 e. The van der Waals surface area contributed by atoms with Crippen molar-refractivity contribution >= 4 is 17.3 Å². The van der Waals surface area contributed by atoms with Crippen LogP contribution in [0.3, 0.4) is 0 Å². The van der Waals surface area contributed by atoms with E-state index in [1.165, 1.54) is 6.07 Å². The second kappa shape index (κ2) is 9.88. The van der Waals surface area contributed by atoms with Crippen LogP contribution in [0.25, 0.3) is 0 Å². The number of hydrogen-bond acceptors (Lipinski definition) is 2.